The lowest BCUT2D eigenvalue weighted by atomic mass is 10.2. The van der Waals surface area contributed by atoms with Crippen LogP contribution >= 0.6 is 24.0 Å². The first kappa shape index (κ1) is 22.3. The van der Waals surface area contributed by atoms with E-state index in [9.17, 15) is 19.2 Å². The fourth-order valence-electron chi connectivity index (χ4n) is 2.40. The van der Waals surface area contributed by atoms with E-state index in [-0.39, 0.29) is 18.9 Å². The number of aliphatic carboxylic acids is 1. The van der Waals surface area contributed by atoms with Crippen LogP contribution in [0.5, 0.6) is 0 Å². The van der Waals surface area contributed by atoms with E-state index < -0.39 is 30.2 Å². The van der Waals surface area contributed by atoms with Crippen LogP contribution in [0.2, 0.25) is 0 Å². The molecule has 0 bridgehead atoms. The highest BCUT2D eigenvalue weighted by molar-refractivity contribution is 8.26. The van der Waals surface area contributed by atoms with Crippen molar-refractivity contribution in [1.29, 1.82) is 0 Å². The van der Waals surface area contributed by atoms with Gasteiger partial charge < -0.3 is 16.2 Å². The van der Waals surface area contributed by atoms with E-state index >= 15 is 0 Å². The molecule has 4 N–H and O–H groups in total. The van der Waals surface area contributed by atoms with Crippen LogP contribution in [0.25, 0.3) is 6.08 Å². The van der Waals surface area contributed by atoms with Gasteiger partial charge in [0.1, 0.15) is 10.4 Å². The molecule has 0 radical (unpaired) electrons. The van der Waals surface area contributed by atoms with Gasteiger partial charge in [-0.25, -0.2) is 4.79 Å². The number of nitrogens with zero attached hydrogens (tertiary/aromatic N) is 1. The summed E-state index contributed by atoms with van der Waals surface area (Å²) in [6, 6.07) is 8.17. The van der Waals surface area contributed by atoms with Gasteiger partial charge in [0.05, 0.1) is 11.3 Å². The summed E-state index contributed by atoms with van der Waals surface area (Å²) in [5, 5.41) is 11.2. The zero-order chi connectivity index (χ0) is 21.4. The first-order chi connectivity index (χ1) is 13.8. The predicted octanol–water partition coefficient (Wildman–Crippen LogP) is 1.28. The summed E-state index contributed by atoms with van der Waals surface area (Å²) < 4.78 is 0.314. The predicted molar refractivity (Wildman–Crippen MR) is 113 cm³/mol. The average Bonchev–Trinajstić information content (AvgIpc) is 2.93. The summed E-state index contributed by atoms with van der Waals surface area (Å²) in [4.78, 5) is 48.1. The van der Waals surface area contributed by atoms with Gasteiger partial charge in [0.2, 0.25) is 11.8 Å². The van der Waals surface area contributed by atoms with Crippen molar-refractivity contribution in [3.05, 3.63) is 53.0 Å². The molecule has 2 rings (SSSR count). The van der Waals surface area contributed by atoms with Crippen LogP contribution in [0.3, 0.4) is 0 Å². The first-order valence-electron chi connectivity index (χ1n) is 8.55. The van der Waals surface area contributed by atoms with Gasteiger partial charge >= 0.3 is 5.97 Å². The molecule has 1 aliphatic heterocycles. The van der Waals surface area contributed by atoms with Crippen LogP contribution in [0.4, 0.5) is 0 Å². The largest absolute Gasteiger partial charge is 0.480 e. The number of hydrogen-bond donors (Lipinski definition) is 3. The Balaban J connectivity index is 1.92. The van der Waals surface area contributed by atoms with E-state index in [1.807, 2.05) is 36.4 Å². The Morgan fingerprint density at radius 1 is 1.28 bits per heavy atom. The first-order valence-corrected chi connectivity index (χ1v) is 9.78. The van der Waals surface area contributed by atoms with Crippen molar-refractivity contribution in [1.82, 2.24) is 10.2 Å². The SMILES string of the molecule is NC(=O)C[C@H](NC(=O)CCN1C(=O)/C(=C\C=C\c2ccccc2)SC1=S)C(=O)O. The number of hydrogen-bond acceptors (Lipinski definition) is 6. The number of amides is 3. The monoisotopic (exact) mass is 433 g/mol. The summed E-state index contributed by atoms with van der Waals surface area (Å²) >= 11 is 6.32. The van der Waals surface area contributed by atoms with Gasteiger partial charge in [0, 0.05) is 13.0 Å². The molecular weight excluding hydrogens is 414 g/mol. The Hall–Kier alpha value is -2.98. The van der Waals surface area contributed by atoms with Crippen LogP contribution in [-0.2, 0) is 19.2 Å². The second kappa shape index (κ2) is 10.5. The lowest BCUT2D eigenvalue weighted by Crippen LogP contribution is -2.44. The highest BCUT2D eigenvalue weighted by Gasteiger charge is 2.32. The summed E-state index contributed by atoms with van der Waals surface area (Å²) in [6.45, 7) is -0.000843. The third-order valence-corrected chi connectivity index (χ3v) is 5.21. The Kier molecular flexibility index (Phi) is 8.10. The van der Waals surface area contributed by atoms with E-state index in [1.165, 1.54) is 4.90 Å². The normalized spacial score (nSPS) is 16.4. The highest BCUT2D eigenvalue weighted by atomic mass is 32.2. The van der Waals surface area contributed by atoms with Crippen LogP contribution < -0.4 is 11.1 Å². The van der Waals surface area contributed by atoms with Gasteiger partial charge in [0.25, 0.3) is 5.91 Å². The van der Waals surface area contributed by atoms with Crippen molar-refractivity contribution < 1.29 is 24.3 Å². The van der Waals surface area contributed by atoms with E-state index in [0.717, 1.165) is 17.3 Å². The number of rotatable bonds is 9. The maximum absolute atomic E-state index is 12.5. The number of carboxylic acid groups (broad SMARTS) is 1. The molecule has 0 aromatic heterocycles. The topological polar surface area (TPSA) is 130 Å². The summed E-state index contributed by atoms with van der Waals surface area (Å²) in [7, 11) is 0. The fraction of sp³-hybridized carbons (Fsp3) is 0.211. The number of nitrogens with two attached hydrogens (primary N) is 1. The quantitative estimate of drug-likeness (QED) is 0.395. The molecular formula is C19H19N3O5S2. The summed E-state index contributed by atoms with van der Waals surface area (Å²) in [5.41, 5.74) is 5.96. The van der Waals surface area contributed by atoms with Gasteiger partial charge in [-0.15, -0.1) is 0 Å². The van der Waals surface area contributed by atoms with Crippen molar-refractivity contribution in [2.24, 2.45) is 5.73 Å². The van der Waals surface area contributed by atoms with Gasteiger partial charge in [-0.2, -0.15) is 0 Å². The summed E-state index contributed by atoms with van der Waals surface area (Å²) in [6.07, 6.45) is 4.57. The van der Waals surface area contributed by atoms with E-state index in [1.54, 1.807) is 12.2 Å². The van der Waals surface area contributed by atoms with Crippen molar-refractivity contribution in [3.63, 3.8) is 0 Å². The molecule has 10 heteroatoms. The standard InChI is InChI=1S/C19H19N3O5S2/c20-15(23)11-13(18(26)27)21-16(24)9-10-22-17(25)14(29-19(22)28)8-4-7-12-5-2-1-3-6-12/h1-8,13H,9-11H2,(H2,20,23)(H,21,24)(H,26,27)/b7-4+,14-8+/t13-/m0/s1. The van der Waals surface area contributed by atoms with E-state index in [0.29, 0.717) is 9.23 Å². The van der Waals surface area contributed by atoms with Crippen molar-refractivity contribution in [3.8, 4) is 0 Å². The third kappa shape index (κ3) is 6.84. The number of carboxylic acids is 1. The molecule has 1 fully saturated rings. The number of primary amides is 1. The number of thioether (sulfide) groups is 1. The molecule has 1 heterocycles. The minimum absolute atomic E-state index is 0.000843. The maximum Gasteiger partial charge on any atom is 0.326 e. The third-order valence-electron chi connectivity index (χ3n) is 3.81. The number of thiocarbonyl (C=S) groups is 1. The molecule has 1 aliphatic rings. The fourth-order valence-corrected chi connectivity index (χ4v) is 3.66. The molecule has 1 saturated heterocycles. The molecule has 1 aromatic rings. The number of carbonyl (C=O) groups is 4. The van der Waals surface area contributed by atoms with Crippen molar-refractivity contribution >= 4 is 58.1 Å². The van der Waals surface area contributed by atoms with Gasteiger partial charge in [-0.1, -0.05) is 66.5 Å². The van der Waals surface area contributed by atoms with E-state index in [2.05, 4.69) is 5.32 Å². The molecule has 29 heavy (non-hydrogen) atoms. The second-order valence-electron chi connectivity index (χ2n) is 6.00. The lowest BCUT2D eigenvalue weighted by molar-refractivity contribution is -0.143. The molecule has 8 nitrogen and oxygen atoms in total. The molecule has 3 amide bonds. The molecule has 152 valence electrons. The van der Waals surface area contributed by atoms with Gasteiger partial charge in [0.15, 0.2) is 0 Å². The molecule has 0 unspecified atom stereocenters. The smallest absolute Gasteiger partial charge is 0.326 e. The molecule has 1 aromatic carbocycles. The number of nitrogens with one attached hydrogen (secondary N) is 1. The van der Waals surface area contributed by atoms with E-state index in [4.69, 9.17) is 23.1 Å². The number of allylic oxidation sites excluding steroid dienone is 2. The minimum Gasteiger partial charge on any atom is -0.480 e. The zero-order valence-electron chi connectivity index (χ0n) is 15.2. The Morgan fingerprint density at radius 3 is 2.59 bits per heavy atom. The molecule has 0 aliphatic carbocycles. The Morgan fingerprint density at radius 2 is 1.97 bits per heavy atom. The van der Waals surface area contributed by atoms with Crippen molar-refractivity contribution in [2.75, 3.05) is 6.54 Å². The molecule has 0 saturated carbocycles. The number of carbonyl (C=O) groups excluding carboxylic acids is 3. The minimum atomic E-state index is -1.41. The van der Waals surface area contributed by atoms with Gasteiger partial charge in [-0.05, 0) is 11.6 Å². The molecule has 0 spiro atoms. The highest BCUT2D eigenvalue weighted by Crippen LogP contribution is 2.31. The molecule has 1 atom stereocenters. The second-order valence-corrected chi connectivity index (χ2v) is 7.68. The van der Waals surface area contributed by atoms with Crippen LogP contribution in [0.15, 0.2) is 47.4 Å². The van der Waals surface area contributed by atoms with Crippen molar-refractivity contribution in [2.45, 2.75) is 18.9 Å². The maximum atomic E-state index is 12.5. The van der Waals surface area contributed by atoms with Crippen LogP contribution in [0.1, 0.15) is 18.4 Å². The lowest BCUT2D eigenvalue weighted by Gasteiger charge is -2.16. The Bertz CT molecular complexity index is 883. The van der Waals surface area contributed by atoms with Crippen LogP contribution in [-0.4, -0.2) is 50.6 Å². The van der Waals surface area contributed by atoms with Crippen LogP contribution in [0, 0.1) is 0 Å². The average molecular weight is 434 g/mol. The van der Waals surface area contributed by atoms with Gasteiger partial charge in [-0.3, -0.25) is 19.3 Å². The summed E-state index contributed by atoms with van der Waals surface area (Å²) in [5.74, 6) is -3.16. The number of benzene rings is 1. The Labute approximate surface area is 176 Å². The zero-order valence-corrected chi connectivity index (χ0v) is 16.9.